The first-order valence-corrected chi connectivity index (χ1v) is 3.55. The second-order valence-electron chi connectivity index (χ2n) is 3.77. The van der Waals surface area contributed by atoms with Gasteiger partial charge in [0.25, 0.3) is 5.91 Å². The Balaban J connectivity index is 2.82. The zero-order valence-corrected chi connectivity index (χ0v) is 7.01. The van der Waals surface area contributed by atoms with E-state index in [0.717, 1.165) is 0 Å². The number of carbonyl (C=O) groups excluding carboxylic acids is 1. The fourth-order valence-corrected chi connectivity index (χ4v) is 1.01. The first-order valence-electron chi connectivity index (χ1n) is 3.55. The predicted octanol–water partition coefficient (Wildman–Crippen LogP) is -0.154. The van der Waals surface area contributed by atoms with Crippen LogP contribution in [0.1, 0.15) is 20.8 Å². The van der Waals surface area contributed by atoms with Gasteiger partial charge in [0.1, 0.15) is 6.04 Å². The molecule has 0 radical (unpaired) electrons. The van der Waals surface area contributed by atoms with Gasteiger partial charge in [-0.1, -0.05) is 20.8 Å². The van der Waals surface area contributed by atoms with E-state index in [1.54, 1.807) is 0 Å². The standard InChI is InChI=1S/C7H13N3O/c1-7(2,3)4-5(11)10-6(8)9-4/h4H,1-3H3,(H3,8,9,10,11)/t4-/m0/s1. The molecule has 1 rings (SSSR count). The molecule has 11 heavy (non-hydrogen) atoms. The zero-order valence-electron chi connectivity index (χ0n) is 7.01. The van der Waals surface area contributed by atoms with Gasteiger partial charge < -0.3 is 5.73 Å². The van der Waals surface area contributed by atoms with Crippen molar-refractivity contribution < 1.29 is 4.79 Å². The van der Waals surface area contributed by atoms with E-state index in [0.29, 0.717) is 0 Å². The molecule has 1 aliphatic rings. The zero-order chi connectivity index (χ0) is 8.65. The Labute approximate surface area is 65.9 Å². The molecule has 1 heterocycles. The highest BCUT2D eigenvalue weighted by Crippen LogP contribution is 2.24. The molecule has 1 atom stereocenters. The molecular weight excluding hydrogens is 142 g/mol. The van der Waals surface area contributed by atoms with Crippen molar-refractivity contribution in [2.75, 3.05) is 0 Å². The molecule has 0 saturated heterocycles. The summed E-state index contributed by atoms with van der Waals surface area (Å²) < 4.78 is 0. The lowest BCUT2D eigenvalue weighted by Gasteiger charge is -2.21. The van der Waals surface area contributed by atoms with E-state index < -0.39 is 0 Å². The molecule has 0 aromatic rings. The quantitative estimate of drug-likeness (QED) is 0.510. The van der Waals surface area contributed by atoms with Gasteiger partial charge >= 0.3 is 0 Å². The summed E-state index contributed by atoms with van der Waals surface area (Å²) in [6.07, 6.45) is 0. The van der Waals surface area contributed by atoms with Crippen molar-refractivity contribution in [2.24, 2.45) is 16.1 Å². The molecule has 0 aliphatic carbocycles. The van der Waals surface area contributed by atoms with Crippen LogP contribution in [-0.4, -0.2) is 17.9 Å². The number of guanidine groups is 1. The number of hydrogen-bond donors (Lipinski definition) is 2. The Morgan fingerprint density at radius 2 is 2.09 bits per heavy atom. The van der Waals surface area contributed by atoms with Crippen LogP contribution in [-0.2, 0) is 4.79 Å². The lowest BCUT2D eigenvalue weighted by atomic mass is 9.87. The van der Waals surface area contributed by atoms with E-state index in [4.69, 9.17) is 5.73 Å². The fourth-order valence-electron chi connectivity index (χ4n) is 1.01. The summed E-state index contributed by atoms with van der Waals surface area (Å²) in [5.41, 5.74) is 5.18. The maximum absolute atomic E-state index is 11.1. The topological polar surface area (TPSA) is 67.5 Å². The Bertz CT molecular complexity index is 214. The third-order valence-electron chi connectivity index (χ3n) is 1.59. The van der Waals surface area contributed by atoms with Crippen LogP contribution < -0.4 is 11.1 Å². The molecule has 0 fully saturated rings. The molecule has 0 bridgehead atoms. The number of carbonyl (C=O) groups is 1. The van der Waals surface area contributed by atoms with E-state index in [9.17, 15) is 4.79 Å². The summed E-state index contributed by atoms with van der Waals surface area (Å²) in [5.74, 6) is 0.130. The van der Waals surface area contributed by atoms with E-state index in [-0.39, 0.29) is 23.3 Å². The highest BCUT2D eigenvalue weighted by atomic mass is 16.2. The van der Waals surface area contributed by atoms with Crippen LogP contribution in [0, 0.1) is 5.41 Å². The molecule has 0 unspecified atom stereocenters. The van der Waals surface area contributed by atoms with Crippen molar-refractivity contribution in [3.05, 3.63) is 0 Å². The van der Waals surface area contributed by atoms with Crippen molar-refractivity contribution in [2.45, 2.75) is 26.8 Å². The van der Waals surface area contributed by atoms with Crippen LogP contribution in [0.5, 0.6) is 0 Å². The lowest BCUT2D eigenvalue weighted by Crippen LogP contribution is -2.37. The average molecular weight is 155 g/mol. The van der Waals surface area contributed by atoms with Gasteiger partial charge in [0.2, 0.25) is 0 Å². The lowest BCUT2D eigenvalue weighted by molar-refractivity contribution is -0.122. The van der Waals surface area contributed by atoms with E-state index in [2.05, 4.69) is 10.3 Å². The summed E-state index contributed by atoms with van der Waals surface area (Å²) >= 11 is 0. The Morgan fingerprint density at radius 3 is 2.27 bits per heavy atom. The first-order chi connectivity index (χ1) is 4.91. The summed E-state index contributed by atoms with van der Waals surface area (Å²) in [7, 11) is 0. The third-order valence-corrected chi connectivity index (χ3v) is 1.59. The van der Waals surface area contributed by atoms with Crippen LogP contribution >= 0.6 is 0 Å². The minimum atomic E-state index is -0.331. The van der Waals surface area contributed by atoms with E-state index in [1.807, 2.05) is 20.8 Å². The van der Waals surface area contributed by atoms with Gasteiger partial charge in [0.15, 0.2) is 5.96 Å². The maximum Gasteiger partial charge on any atom is 0.252 e. The minimum absolute atomic E-state index is 0.102. The van der Waals surface area contributed by atoms with Gasteiger partial charge in [-0.05, 0) is 5.41 Å². The number of nitrogens with zero attached hydrogens (tertiary/aromatic N) is 1. The van der Waals surface area contributed by atoms with Crippen LogP contribution in [0.2, 0.25) is 0 Å². The second-order valence-corrected chi connectivity index (χ2v) is 3.77. The normalized spacial score (nSPS) is 24.8. The Kier molecular flexibility index (Phi) is 1.62. The highest BCUT2D eigenvalue weighted by molar-refractivity contribution is 6.04. The fraction of sp³-hybridized carbons (Fsp3) is 0.714. The number of aliphatic imine (C=N–C) groups is 1. The maximum atomic E-state index is 11.1. The second kappa shape index (κ2) is 2.22. The monoisotopic (exact) mass is 155 g/mol. The summed E-state index contributed by atoms with van der Waals surface area (Å²) in [5, 5.41) is 2.46. The molecule has 1 amide bonds. The smallest absolute Gasteiger partial charge is 0.252 e. The van der Waals surface area contributed by atoms with Crippen LogP contribution in [0.4, 0.5) is 0 Å². The number of nitrogens with one attached hydrogen (secondary N) is 1. The molecule has 4 heteroatoms. The van der Waals surface area contributed by atoms with Crippen molar-refractivity contribution in [3.63, 3.8) is 0 Å². The predicted molar refractivity (Wildman–Crippen MR) is 43.0 cm³/mol. The van der Waals surface area contributed by atoms with Crippen molar-refractivity contribution >= 4 is 11.9 Å². The SMILES string of the molecule is CC(C)(C)[C@H]1N=C(N)NC1=O. The largest absolute Gasteiger partial charge is 0.370 e. The molecule has 0 saturated carbocycles. The number of rotatable bonds is 0. The molecule has 0 spiro atoms. The number of hydrogen-bond acceptors (Lipinski definition) is 3. The van der Waals surface area contributed by atoms with Crippen molar-refractivity contribution in [1.82, 2.24) is 5.32 Å². The molecule has 62 valence electrons. The van der Waals surface area contributed by atoms with Crippen LogP contribution in [0.15, 0.2) is 4.99 Å². The molecule has 1 aliphatic heterocycles. The van der Waals surface area contributed by atoms with Gasteiger partial charge in [-0.3, -0.25) is 10.1 Å². The van der Waals surface area contributed by atoms with Crippen LogP contribution in [0.25, 0.3) is 0 Å². The van der Waals surface area contributed by atoms with Crippen molar-refractivity contribution in [3.8, 4) is 0 Å². The van der Waals surface area contributed by atoms with Crippen LogP contribution in [0.3, 0.4) is 0 Å². The van der Waals surface area contributed by atoms with Gasteiger partial charge in [-0.25, -0.2) is 4.99 Å². The molecule has 0 aromatic carbocycles. The first kappa shape index (κ1) is 8.04. The number of nitrogens with two attached hydrogens (primary N) is 1. The number of amides is 1. The Hall–Kier alpha value is -1.06. The van der Waals surface area contributed by atoms with E-state index in [1.165, 1.54) is 0 Å². The molecule has 3 N–H and O–H groups in total. The summed E-state index contributed by atoms with van der Waals surface area (Å²) in [6.45, 7) is 5.87. The average Bonchev–Trinajstić information content (AvgIpc) is 2.08. The summed E-state index contributed by atoms with van der Waals surface area (Å²) in [6, 6.07) is -0.331. The van der Waals surface area contributed by atoms with Gasteiger partial charge in [-0.2, -0.15) is 0 Å². The van der Waals surface area contributed by atoms with Gasteiger partial charge in [0, 0.05) is 0 Å². The minimum Gasteiger partial charge on any atom is -0.370 e. The molecule has 0 aromatic heterocycles. The van der Waals surface area contributed by atoms with Gasteiger partial charge in [0.05, 0.1) is 0 Å². The van der Waals surface area contributed by atoms with Crippen molar-refractivity contribution in [1.29, 1.82) is 0 Å². The Morgan fingerprint density at radius 1 is 1.55 bits per heavy atom. The highest BCUT2D eigenvalue weighted by Gasteiger charge is 2.35. The molecular formula is C7H13N3O. The molecule has 4 nitrogen and oxygen atoms in total. The summed E-state index contributed by atoms with van der Waals surface area (Å²) in [4.78, 5) is 15.1. The van der Waals surface area contributed by atoms with Gasteiger partial charge in [-0.15, -0.1) is 0 Å². The third kappa shape index (κ3) is 1.50. The van der Waals surface area contributed by atoms with E-state index >= 15 is 0 Å².